The molecule has 3 aromatic rings. The second-order valence-electron chi connectivity index (χ2n) is 8.52. The van der Waals surface area contributed by atoms with Crippen LogP contribution in [-0.4, -0.2) is 29.4 Å². The van der Waals surface area contributed by atoms with Crippen LogP contribution in [0.1, 0.15) is 44.4 Å². The zero-order valence-corrected chi connectivity index (χ0v) is 21.5. The molecule has 1 N–H and O–H groups in total. The highest BCUT2D eigenvalue weighted by Gasteiger charge is 2.23. The summed E-state index contributed by atoms with van der Waals surface area (Å²) in [5.74, 6) is 1.97. The van der Waals surface area contributed by atoms with Crippen molar-refractivity contribution in [3.05, 3.63) is 71.9 Å². The average molecular weight is 505 g/mol. The van der Waals surface area contributed by atoms with Crippen molar-refractivity contribution in [2.75, 3.05) is 13.1 Å². The van der Waals surface area contributed by atoms with Gasteiger partial charge in [0.15, 0.2) is 0 Å². The van der Waals surface area contributed by atoms with E-state index >= 15 is 0 Å². The molecule has 0 radical (unpaired) electrons. The molecule has 1 saturated heterocycles. The van der Waals surface area contributed by atoms with Crippen molar-refractivity contribution >= 4 is 24.8 Å². The minimum Gasteiger partial charge on any atom is -0.489 e. The zero-order valence-electron chi connectivity index (χ0n) is 19.9. The van der Waals surface area contributed by atoms with E-state index in [1.807, 2.05) is 30.3 Å². The SMILES string of the molecule is CCCCc1nnc(OC(C)C2CCNC2)cc1-c1ccc(OCc2ccccc2)cc1.Cl.Cl. The van der Waals surface area contributed by atoms with Crippen LogP contribution < -0.4 is 14.8 Å². The van der Waals surface area contributed by atoms with Crippen molar-refractivity contribution in [1.29, 1.82) is 0 Å². The van der Waals surface area contributed by atoms with Gasteiger partial charge in [-0.25, -0.2) is 0 Å². The zero-order chi connectivity index (χ0) is 22.2. The Kier molecular flexibility index (Phi) is 11.6. The van der Waals surface area contributed by atoms with Gasteiger partial charge in [-0.15, -0.1) is 29.9 Å². The van der Waals surface area contributed by atoms with Crippen molar-refractivity contribution < 1.29 is 9.47 Å². The molecule has 0 bridgehead atoms. The van der Waals surface area contributed by atoms with E-state index in [2.05, 4.69) is 59.7 Å². The van der Waals surface area contributed by atoms with Gasteiger partial charge in [0.1, 0.15) is 18.5 Å². The third-order valence-corrected chi connectivity index (χ3v) is 6.10. The molecule has 5 nitrogen and oxygen atoms in total. The second kappa shape index (κ2) is 14.1. The van der Waals surface area contributed by atoms with E-state index in [9.17, 15) is 0 Å². The van der Waals surface area contributed by atoms with E-state index in [0.717, 1.165) is 66.9 Å². The third kappa shape index (κ3) is 7.59. The standard InChI is InChI=1S/C27H33N3O2.2ClH/c1-3-4-10-26-25(17-27(30-29-26)32-20(2)23-15-16-28-18-23)22-11-13-24(14-12-22)31-19-21-8-6-5-7-9-21;;/h5-9,11-14,17,20,23,28H,3-4,10,15-16,18-19H2,1-2H3;2*1H. The van der Waals surface area contributed by atoms with Crippen LogP contribution in [0.15, 0.2) is 60.7 Å². The largest absolute Gasteiger partial charge is 0.489 e. The van der Waals surface area contributed by atoms with E-state index in [4.69, 9.17) is 9.47 Å². The van der Waals surface area contributed by atoms with Gasteiger partial charge in [0.2, 0.25) is 5.88 Å². The number of nitrogens with one attached hydrogen (secondary N) is 1. The molecular weight excluding hydrogens is 469 g/mol. The Morgan fingerprint density at radius 2 is 1.79 bits per heavy atom. The summed E-state index contributed by atoms with van der Waals surface area (Å²) in [5.41, 5.74) is 4.38. The van der Waals surface area contributed by atoms with Gasteiger partial charge >= 0.3 is 0 Å². The lowest BCUT2D eigenvalue weighted by Gasteiger charge is -2.20. The first-order valence-electron chi connectivity index (χ1n) is 11.7. The van der Waals surface area contributed by atoms with Crippen LogP contribution in [0.3, 0.4) is 0 Å². The Morgan fingerprint density at radius 1 is 1.03 bits per heavy atom. The quantitative estimate of drug-likeness (QED) is 0.352. The summed E-state index contributed by atoms with van der Waals surface area (Å²) in [7, 11) is 0. The number of unbranched alkanes of at least 4 members (excludes halogenated alkanes) is 1. The van der Waals surface area contributed by atoms with Crippen LogP contribution in [0.5, 0.6) is 11.6 Å². The molecular formula is C27H35Cl2N3O2. The van der Waals surface area contributed by atoms with Crippen molar-refractivity contribution in [1.82, 2.24) is 15.5 Å². The van der Waals surface area contributed by atoms with Crippen LogP contribution in [0.25, 0.3) is 11.1 Å². The molecule has 0 saturated carbocycles. The number of aryl methyl sites for hydroxylation is 1. The molecule has 0 amide bonds. The lowest BCUT2D eigenvalue weighted by atomic mass is 10.0. The summed E-state index contributed by atoms with van der Waals surface area (Å²) in [6.45, 7) is 6.94. The minimum absolute atomic E-state index is 0. The monoisotopic (exact) mass is 503 g/mol. The van der Waals surface area contributed by atoms with Crippen LogP contribution in [-0.2, 0) is 13.0 Å². The smallest absolute Gasteiger partial charge is 0.234 e. The molecule has 2 unspecified atom stereocenters. The molecule has 1 fully saturated rings. The van der Waals surface area contributed by atoms with E-state index in [1.54, 1.807) is 0 Å². The first-order valence-corrected chi connectivity index (χ1v) is 11.7. The van der Waals surface area contributed by atoms with E-state index in [0.29, 0.717) is 18.4 Å². The Labute approximate surface area is 215 Å². The lowest BCUT2D eigenvalue weighted by Crippen LogP contribution is -2.26. The fourth-order valence-electron chi connectivity index (χ4n) is 4.07. The first kappa shape index (κ1) is 27.9. The van der Waals surface area contributed by atoms with Crippen molar-refractivity contribution in [2.24, 2.45) is 5.92 Å². The third-order valence-electron chi connectivity index (χ3n) is 6.10. The van der Waals surface area contributed by atoms with Crippen LogP contribution in [0.2, 0.25) is 0 Å². The number of rotatable bonds is 10. The summed E-state index contributed by atoms with van der Waals surface area (Å²) in [5, 5.41) is 12.3. The van der Waals surface area contributed by atoms with Gasteiger partial charge in [0.25, 0.3) is 0 Å². The summed E-state index contributed by atoms with van der Waals surface area (Å²) in [4.78, 5) is 0. The van der Waals surface area contributed by atoms with Gasteiger partial charge < -0.3 is 14.8 Å². The Morgan fingerprint density at radius 3 is 2.47 bits per heavy atom. The molecule has 2 aromatic carbocycles. The van der Waals surface area contributed by atoms with Crippen LogP contribution in [0, 0.1) is 5.92 Å². The molecule has 34 heavy (non-hydrogen) atoms. The van der Waals surface area contributed by atoms with Crippen molar-refractivity contribution in [3.63, 3.8) is 0 Å². The average Bonchev–Trinajstić information content (AvgIpc) is 3.38. The second-order valence-corrected chi connectivity index (χ2v) is 8.52. The van der Waals surface area contributed by atoms with Gasteiger partial charge in [0, 0.05) is 24.1 Å². The van der Waals surface area contributed by atoms with Crippen molar-refractivity contribution in [2.45, 2.75) is 52.2 Å². The van der Waals surface area contributed by atoms with Gasteiger partial charge in [-0.3, -0.25) is 0 Å². The molecule has 0 aliphatic carbocycles. The minimum atomic E-state index is 0. The molecule has 2 atom stereocenters. The number of hydrogen-bond donors (Lipinski definition) is 1. The summed E-state index contributed by atoms with van der Waals surface area (Å²) in [6, 6.07) is 20.5. The summed E-state index contributed by atoms with van der Waals surface area (Å²) >= 11 is 0. The molecule has 4 rings (SSSR count). The number of nitrogens with zero attached hydrogens (tertiary/aromatic N) is 2. The summed E-state index contributed by atoms with van der Waals surface area (Å²) < 4.78 is 12.1. The molecule has 184 valence electrons. The number of halogens is 2. The highest BCUT2D eigenvalue weighted by Crippen LogP contribution is 2.29. The summed E-state index contributed by atoms with van der Waals surface area (Å²) in [6.07, 6.45) is 4.37. The first-order chi connectivity index (χ1) is 15.7. The molecule has 1 aliphatic heterocycles. The Hall–Kier alpha value is -2.34. The Bertz CT molecular complexity index is 981. The fourth-order valence-corrected chi connectivity index (χ4v) is 4.07. The maximum absolute atomic E-state index is 6.19. The lowest BCUT2D eigenvalue weighted by molar-refractivity contribution is 0.153. The predicted octanol–water partition coefficient (Wildman–Crippen LogP) is 6.29. The van der Waals surface area contributed by atoms with Crippen LogP contribution in [0.4, 0.5) is 0 Å². The highest BCUT2D eigenvalue weighted by atomic mass is 35.5. The van der Waals surface area contributed by atoms with E-state index in [1.165, 1.54) is 0 Å². The van der Waals surface area contributed by atoms with Crippen molar-refractivity contribution in [3.8, 4) is 22.8 Å². The molecule has 7 heteroatoms. The molecule has 0 spiro atoms. The van der Waals surface area contributed by atoms with E-state index in [-0.39, 0.29) is 30.9 Å². The number of hydrogen-bond acceptors (Lipinski definition) is 5. The normalized spacial score (nSPS) is 15.6. The van der Waals surface area contributed by atoms with Gasteiger partial charge in [-0.05, 0) is 56.0 Å². The highest BCUT2D eigenvalue weighted by molar-refractivity contribution is 5.85. The molecule has 2 heterocycles. The number of aromatic nitrogens is 2. The topological polar surface area (TPSA) is 56.3 Å². The Balaban J connectivity index is 0.00000204. The molecule has 1 aliphatic rings. The van der Waals surface area contributed by atoms with E-state index < -0.39 is 0 Å². The van der Waals surface area contributed by atoms with Gasteiger partial charge in [-0.1, -0.05) is 55.8 Å². The number of benzene rings is 2. The van der Waals surface area contributed by atoms with Gasteiger partial charge in [0.05, 0.1) is 5.69 Å². The van der Waals surface area contributed by atoms with Crippen LogP contribution >= 0.6 is 24.8 Å². The number of ether oxygens (including phenoxy) is 2. The molecule has 1 aromatic heterocycles. The fraction of sp³-hybridized carbons (Fsp3) is 0.407. The maximum atomic E-state index is 6.19. The maximum Gasteiger partial charge on any atom is 0.234 e. The predicted molar refractivity (Wildman–Crippen MR) is 142 cm³/mol. The van der Waals surface area contributed by atoms with Gasteiger partial charge in [-0.2, -0.15) is 5.10 Å².